The molecule has 0 heterocycles. The molecule has 5 N–H and O–H groups in total. The monoisotopic (exact) mass is 123 g/mol. The van der Waals surface area contributed by atoms with Crippen LogP contribution in [0.2, 0.25) is 0 Å². The van der Waals surface area contributed by atoms with Crippen molar-refractivity contribution in [3.63, 3.8) is 0 Å². The third-order valence-corrected chi connectivity index (χ3v) is 0.898. The van der Waals surface area contributed by atoms with E-state index in [2.05, 4.69) is 6.07 Å². The molecule has 3 nitrogen and oxygen atoms in total. The summed E-state index contributed by atoms with van der Waals surface area (Å²) in [5.41, 5.74) is 11.4. The Morgan fingerprint density at radius 2 is 2.00 bits per heavy atom. The molecule has 0 atom stereocenters. The van der Waals surface area contributed by atoms with E-state index >= 15 is 0 Å². The zero-order valence-electron chi connectivity index (χ0n) is 4.76. The maximum absolute atomic E-state index is 8.78. The van der Waals surface area contributed by atoms with Gasteiger partial charge in [0.2, 0.25) is 0 Å². The first-order valence-corrected chi connectivity index (χ1v) is 2.46. The molecular formula is C6H7N2O. The Morgan fingerprint density at radius 1 is 1.33 bits per heavy atom. The number of phenolic OH excluding ortho intramolecular Hbond substituents is 1. The Morgan fingerprint density at radius 3 is 2.44 bits per heavy atom. The van der Waals surface area contributed by atoms with Crippen LogP contribution in [0.3, 0.4) is 0 Å². The molecule has 9 heavy (non-hydrogen) atoms. The van der Waals surface area contributed by atoms with Crippen molar-refractivity contribution in [2.24, 2.45) is 0 Å². The van der Waals surface area contributed by atoms with Gasteiger partial charge in [0.05, 0.1) is 6.07 Å². The molecule has 0 aliphatic rings. The number of hydrogen-bond acceptors (Lipinski definition) is 3. The van der Waals surface area contributed by atoms with Crippen LogP contribution >= 0.6 is 0 Å². The second kappa shape index (κ2) is 1.85. The first kappa shape index (κ1) is 5.75. The van der Waals surface area contributed by atoms with E-state index in [4.69, 9.17) is 16.6 Å². The van der Waals surface area contributed by atoms with Gasteiger partial charge in [0, 0.05) is 17.4 Å². The number of nitrogen functional groups attached to an aromatic ring is 2. The van der Waals surface area contributed by atoms with Gasteiger partial charge in [0.25, 0.3) is 0 Å². The van der Waals surface area contributed by atoms with Crippen LogP contribution in [0, 0.1) is 6.07 Å². The van der Waals surface area contributed by atoms with Crippen molar-refractivity contribution in [1.29, 1.82) is 0 Å². The topological polar surface area (TPSA) is 72.3 Å². The van der Waals surface area contributed by atoms with Crippen LogP contribution in [0.4, 0.5) is 11.4 Å². The van der Waals surface area contributed by atoms with Crippen molar-refractivity contribution >= 4 is 11.4 Å². The third-order valence-electron chi connectivity index (χ3n) is 0.898. The van der Waals surface area contributed by atoms with Gasteiger partial charge in [-0.2, -0.15) is 0 Å². The van der Waals surface area contributed by atoms with E-state index in [1.54, 1.807) is 0 Å². The van der Waals surface area contributed by atoms with Crippen LogP contribution in [0.5, 0.6) is 5.75 Å². The predicted molar refractivity (Wildman–Crippen MR) is 35.8 cm³/mol. The molecule has 47 valence electrons. The van der Waals surface area contributed by atoms with Gasteiger partial charge in [-0.15, -0.1) is 0 Å². The van der Waals surface area contributed by atoms with Gasteiger partial charge < -0.3 is 16.6 Å². The van der Waals surface area contributed by atoms with E-state index in [9.17, 15) is 0 Å². The van der Waals surface area contributed by atoms with Gasteiger partial charge >= 0.3 is 0 Å². The van der Waals surface area contributed by atoms with E-state index < -0.39 is 0 Å². The van der Waals surface area contributed by atoms with Crippen LogP contribution < -0.4 is 11.5 Å². The number of nitrogens with two attached hydrogens (primary N) is 2. The van der Waals surface area contributed by atoms with E-state index in [1.165, 1.54) is 12.1 Å². The van der Waals surface area contributed by atoms with Crippen molar-refractivity contribution in [3.8, 4) is 5.75 Å². The van der Waals surface area contributed by atoms with E-state index in [-0.39, 0.29) is 5.75 Å². The summed E-state index contributed by atoms with van der Waals surface area (Å²) < 4.78 is 0. The van der Waals surface area contributed by atoms with Gasteiger partial charge in [0.15, 0.2) is 0 Å². The number of hydrogen-bond donors (Lipinski definition) is 3. The average molecular weight is 123 g/mol. The summed E-state index contributed by atoms with van der Waals surface area (Å²) >= 11 is 0. The highest BCUT2D eigenvalue weighted by Gasteiger charge is 1.91. The second-order valence-electron chi connectivity index (χ2n) is 1.75. The molecule has 0 fully saturated rings. The molecule has 0 spiro atoms. The summed E-state index contributed by atoms with van der Waals surface area (Å²) in [5.74, 6) is -0.0208. The van der Waals surface area contributed by atoms with Gasteiger partial charge in [-0.3, -0.25) is 0 Å². The summed E-state index contributed by atoms with van der Waals surface area (Å²) in [5, 5.41) is 8.78. The van der Waals surface area contributed by atoms with E-state index in [1.807, 2.05) is 0 Å². The van der Waals surface area contributed by atoms with Crippen molar-refractivity contribution in [3.05, 3.63) is 18.2 Å². The zero-order chi connectivity index (χ0) is 6.85. The highest BCUT2D eigenvalue weighted by atomic mass is 16.3. The zero-order valence-corrected chi connectivity index (χ0v) is 4.76. The largest absolute Gasteiger partial charge is 0.507 e. The number of phenols is 1. The van der Waals surface area contributed by atoms with Gasteiger partial charge in [-0.1, -0.05) is 0 Å². The lowest BCUT2D eigenvalue weighted by Gasteiger charge is -1.95. The lowest BCUT2D eigenvalue weighted by Crippen LogP contribution is -1.88. The number of rotatable bonds is 0. The maximum Gasteiger partial charge on any atom is 0.127 e. The van der Waals surface area contributed by atoms with E-state index in [0.29, 0.717) is 11.4 Å². The van der Waals surface area contributed by atoms with Crippen molar-refractivity contribution in [2.45, 2.75) is 0 Å². The molecular weight excluding hydrogens is 116 g/mol. The molecule has 0 aliphatic heterocycles. The molecule has 1 rings (SSSR count). The van der Waals surface area contributed by atoms with Crippen LogP contribution in [0.25, 0.3) is 0 Å². The van der Waals surface area contributed by atoms with Crippen LogP contribution in [-0.4, -0.2) is 5.11 Å². The molecule has 0 aliphatic carbocycles. The molecule has 0 saturated carbocycles. The Balaban J connectivity index is 3.17. The maximum atomic E-state index is 8.78. The van der Waals surface area contributed by atoms with Crippen LogP contribution in [0.1, 0.15) is 0 Å². The number of aromatic hydroxyl groups is 1. The van der Waals surface area contributed by atoms with Crippen molar-refractivity contribution in [2.75, 3.05) is 11.5 Å². The Labute approximate surface area is 52.9 Å². The fourth-order valence-electron chi connectivity index (χ4n) is 0.599. The second-order valence-corrected chi connectivity index (χ2v) is 1.75. The summed E-state index contributed by atoms with van der Waals surface area (Å²) in [7, 11) is 0. The normalized spacial score (nSPS) is 9.33. The highest BCUT2D eigenvalue weighted by molar-refractivity contribution is 5.55. The lowest BCUT2D eigenvalue weighted by atomic mass is 10.3. The minimum atomic E-state index is -0.0208. The Hall–Kier alpha value is -1.38. The molecule has 1 aromatic carbocycles. The van der Waals surface area contributed by atoms with Crippen LogP contribution in [0.15, 0.2) is 12.1 Å². The summed E-state index contributed by atoms with van der Waals surface area (Å²) in [4.78, 5) is 0. The molecule has 1 aromatic rings. The van der Waals surface area contributed by atoms with E-state index in [0.717, 1.165) is 0 Å². The summed E-state index contributed by atoms with van der Waals surface area (Å²) in [6.45, 7) is 0. The Kier molecular flexibility index (Phi) is 1.18. The average Bonchev–Trinajstić information content (AvgIpc) is 1.59. The number of anilines is 2. The summed E-state index contributed by atoms with van der Waals surface area (Å²) in [6, 6.07) is 5.38. The molecule has 0 amide bonds. The molecule has 0 unspecified atom stereocenters. The first-order valence-electron chi connectivity index (χ1n) is 2.46. The Bertz CT molecular complexity index is 172. The molecule has 0 saturated heterocycles. The van der Waals surface area contributed by atoms with Crippen LogP contribution in [-0.2, 0) is 0 Å². The molecule has 3 heteroatoms. The van der Waals surface area contributed by atoms with Crippen molar-refractivity contribution < 1.29 is 5.11 Å². The van der Waals surface area contributed by atoms with Gasteiger partial charge in [0.1, 0.15) is 5.75 Å². The SMILES string of the molecule is Nc1[c]c(O)cc(N)c1. The molecule has 1 radical (unpaired) electrons. The predicted octanol–water partition coefficient (Wildman–Crippen LogP) is 0.357. The smallest absolute Gasteiger partial charge is 0.127 e. The number of benzene rings is 1. The minimum Gasteiger partial charge on any atom is -0.507 e. The first-order chi connectivity index (χ1) is 4.18. The van der Waals surface area contributed by atoms with Gasteiger partial charge in [-0.25, -0.2) is 0 Å². The highest BCUT2D eigenvalue weighted by Crippen LogP contribution is 2.16. The standard InChI is InChI=1S/C6H7N2O/c7-4-1-5(8)3-6(9)2-4/h1-2,9H,7-8H2. The summed E-state index contributed by atoms with van der Waals surface area (Å²) in [6.07, 6.45) is 0. The third kappa shape index (κ3) is 1.25. The fourth-order valence-corrected chi connectivity index (χ4v) is 0.599. The van der Waals surface area contributed by atoms with Gasteiger partial charge in [-0.05, 0) is 6.07 Å². The van der Waals surface area contributed by atoms with Crippen molar-refractivity contribution in [1.82, 2.24) is 0 Å². The molecule has 0 aromatic heterocycles. The quantitative estimate of drug-likeness (QED) is 0.436. The molecule has 0 bridgehead atoms. The fraction of sp³-hybridized carbons (Fsp3) is 0. The minimum absolute atomic E-state index is 0.0208. The lowest BCUT2D eigenvalue weighted by molar-refractivity contribution is 0.475.